The molecule has 3 nitrogen and oxygen atoms in total. The van der Waals surface area contributed by atoms with Gasteiger partial charge in [-0.3, -0.25) is 4.79 Å². The van der Waals surface area contributed by atoms with Gasteiger partial charge in [0, 0.05) is 23.0 Å². The third kappa shape index (κ3) is 4.58. The fraction of sp³-hybridized carbons (Fsp3) is 0.444. The van der Waals surface area contributed by atoms with Crippen molar-refractivity contribution in [1.82, 2.24) is 4.98 Å². The minimum absolute atomic E-state index is 0.0840. The van der Waals surface area contributed by atoms with Gasteiger partial charge in [-0.05, 0) is 91.6 Å². The number of hydrogen-bond acceptors (Lipinski definition) is 2. The molecule has 33 heavy (non-hydrogen) atoms. The van der Waals surface area contributed by atoms with E-state index in [0.717, 1.165) is 55.5 Å². The second kappa shape index (κ2) is 8.98. The number of aromatic amines is 1. The molecule has 0 aliphatic heterocycles. The third-order valence-electron chi connectivity index (χ3n) is 7.65. The predicted molar refractivity (Wildman–Crippen MR) is 126 cm³/mol. The standard InChI is InChI=1S/C27H31F3N2O/c1-3-24(31)26(21-5-4-6-22(16-21)27(28,29)30)10-7-18(8-11-26)14-20-15-19-9-12-32-25(33)23(19)13-17(20)2/h4-6,9,12-13,15-16,18,24H,3,7-8,10-11,14,31H2,1-2H3,(H,32,33). The molecule has 0 saturated heterocycles. The number of rotatable bonds is 5. The largest absolute Gasteiger partial charge is 0.416 e. The molecule has 0 spiro atoms. The van der Waals surface area contributed by atoms with E-state index in [1.54, 1.807) is 6.20 Å². The zero-order valence-corrected chi connectivity index (χ0v) is 19.1. The number of halogens is 3. The van der Waals surface area contributed by atoms with Gasteiger partial charge in [0.25, 0.3) is 5.56 Å². The average molecular weight is 457 g/mol. The first-order valence-electron chi connectivity index (χ1n) is 11.7. The zero-order valence-electron chi connectivity index (χ0n) is 19.1. The lowest BCUT2D eigenvalue weighted by molar-refractivity contribution is -0.137. The Labute approximate surface area is 192 Å². The van der Waals surface area contributed by atoms with Gasteiger partial charge in [0.05, 0.1) is 5.56 Å². The molecule has 3 N–H and O–H groups in total. The van der Waals surface area contributed by atoms with Crippen molar-refractivity contribution < 1.29 is 13.2 Å². The van der Waals surface area contributed by atoms with Crippen LogP contribution in [-0.2, 0) is 18.0 Å². The van der Waals surface area contributed by atoms with Crippen molar-refractivity contribution in [1.29, 1.82) is 0 Å². The van der Waals surface area contributed by atoms with Gasteiger partial charge >= 0.3 is 6.18 Å². The van der Waals surface area contributed by atoms with Crippen LogP contribution in [-0.4, -0.2) is 11.0 Å². The Morgan fingerprint density at radius 2 is 1.88 bits per heavy atom. The van der Waals surface area contributed by atoms with Crippen LogP contribution in [0.25, 0.3) is 10.8 Å². The predicted octanol–water partition coefficient (Wildman–Crippen LogP) is 6.26. The summed E-state index contributed by atoms with van der Waals surface area (Å²) in [6.07, 6.45) is 2.31. The molecule has 2 aromatic carbocycles. The summed E-state index contributed by atoms with van der Waals surface area (Å²) in [5.74, 6) is 0.436. The summed E-state index contributed by atoms with van der Waals surface area (Å²) in [4.78, 5) is 14.8. The van der Waals surface area contributed by atoms with E-state index in [1.165, 1.54) is 17.7 Å². The summed E-state index contributed by atoms with van der Waals surface area (Å²) in [5, 5.41) is 1.63. The SMILES string of the molecule is CCC(N)C1(c2cccc(C(F)(F)F)c2)CCC(Cc2cc3cc[nH]c(=O)c3cc2C)CC1. The molecule has 176 valence electrons. The van der Waals surface area contributed by atoms with E-state index < -0.39 is 17.2 Å². The summed E-state index contributed by atoms with van der Waals surface area (Å²) < 4.78 is 40.1. The normalized spacial score (nSPS) is 22.4. The van der Waals surface area contributed by atoms with Gasteiger partial charge < -0.3 is 10.7 Å². The Bertz CT molecular complexity index is 1190. The summed E-state index contributed by atoms with van der Waals surface area (Å²) in [7, 11) is 0. The van der Waals surface area contributed by atoms with Crippen LogP contribution in [0.15, 0.2) is 53.5 Å². The molecular weight excluding hydrogens is 425 g/mol. The number of aryl methyl sites for hydroxylation is 1. The molecule has 1 aliphatic carbocycles. The molecule has 6 heteroatoms. The first kappa shape index (κ1) is 23.6. The van der Waals surface area contributed by atoms with Gasteiger partial charge in [-0.15, -0.1) is 0 Å². The number of nitrogens with two attached hydrogens (primary N) is 1. The zero-order chi connectivity index (χ0) is 23.8. The summed E-state index contributed by atoms with van der Waals surface area (Å²) in [6, 6.07) is 11.5. The van der Waals surface area contributed by atoms with Gasteiger partial charge in [0.15, 0.2) is 0 Å². The molecule has 1 fully saturated rings. The molecule has 0 radical (unpaired) electrons. The van der Waals surface area contributed by atoms with Crippen LogP contribution in [0.1, 0.15) is 61.3 Å². The highest BCUT2D eigenvalue weighted by Crippen LogP contribution is 2.46. The molecule has 1 unspecified atom stereocenters. The lowest BCUT2D eigenvalue weighted by Gasteiger charge is -2.45. The quantitative estimate of drug-likeness (QED) is 0.476. The Morgan fingerprint density at radius 1 is 1.15 bits per heavy atom. The molecular formula is C27H31F3N2O. The van der Waals surface area contributed by atoms with Crippen molar-refractivity contribution in [3.63, 3.8) is 0 Å². The number of benzene rings is 2. The van der Waals surface area contributed by atoms with E-state index in [0.29, 0.717) is 16.9 Å². The lowest BCUT2D eigenvalue weighted by atomic mass is 9.61. The molecule has 0 amide bonds. The summed E-state index contributed by atoms with van der Waals surface area (Å²) >= 11 is 0. The van der Waals surface area contributed by atoms with Crippen LogP contribution in [0.3, 0.4) is 0 Å². The first-order chi connectivity index (χ1) is 15.6. The molecule has 1 heterocycles. The maximum Gasteiger partial charge on any atom is 0.416 e. The van der Waals surface area contributed by atoms with Crippen LogP contribution in [0.4, 0.5) is 13.2 Å². The van der Waals surface area contributed by atoms with E-state index in [1.807, 2.05) is 32.0 Å². The topological polar surface area (TPSA) is 58.9 Å². The average Bonchev–Trinajstić information content (AvgIpc) is 2.80. The number of alkyl halides is 3. The maximum atomic E-state index is 13.4. The molecule has 1 saturated carbocycles. The number of H-pyrrole nitrogens is 1. The number of pyridine rings is 1. The Hall–Kier alpha value is -2.60. The third-order valence-corrected chi connectivity index (χ3v) is 7.65. The van der Waals surface area contributed by atoms with Gasteiger partial charge in [-0.2, -0.15) is 13.2 Å². The highest BCUT2D eigenvalue weighted by molar-refractivity contribution is 5.83. The van der Waals surface area contributed by atoms with Crippen LogP contribution in [0.5, 0.6) is 0 Å². The fourth-order valence-corrected chi connectivity index (χ4v) is 5.59. The van der Waals surface area contributed by atoms with Gasteiger partial charge in [-0.1, -0.05) is 31.2 Å². The van der Waals surface area contributed by atoms with Crippen LogP contribution >= 0.6 is 0 Å². The fourth-order valence-electron chi connectivity index (χ4n) is 5.59. The van der Waals surface area contributed by atoms with E-state index in [2.05, 4.69) is 11.1 Å². The molecule has 1 atom stereocenters. The Kier molecular flexibility index (Phi) is 6.41. The summed E-state index contributed by atoms with van der Waals surface area (Å²) in [5.41, 5.74) is 8.47. The van der Waals surface area contributed by atoms with E-state index in [9.17, 15) is 18.0 Å². The molecule has 0 bridgehead atoms. The maximum absolute atomic E-state index is 13.4. The molecule has 1 aliphatic rings. The van der Waals surface area contributed by atoms with Crippen molar-refractivity contribution in [2.75, 3.05) is 0 Å². The molecule has 4 rings (SSSR count). The second-order valence-corrected chi connectivity index (χ2v) is 9.57. The smallest absolute Gasteiger partial charge is 0.329 e. The van der Waals surface area contributed by atoms with E-state index >= 15 is 0 Å². The number of aromatic nitrogens is 1. The van der Waals surface area contributed by atoms with Crippen LogP contribution < -0.4 is 11.3 Å². The number of nitrogens with one attached hydrogen (secondary N) is 1. The Balaban J connectivity index is 1.57. The highest BCUT2D eigenvalue weighted by atomic mass is 19.4. The van der Waals surface area contributed by atoms with Crippen molar-refractivity contribution in [2.45, 2.75) is 70.0 Å². The lowest BCUT2D eigenvalue weighted by Crippen LogP contribution is -2.47. The van der Waals surface area contributed by atoms with Crippen LogP contribution in [0, 0.1) is 12.8 Å². The number of hydrogen-bond donors (Lipinski definition) is 2. The van der Waals surface area contributed by atoms with Gasteiger partial charge in [-0.25, -0.2) is 0 Å². The van der Waals surface area contributed by atoms with E-state index in [-0.39, 0.29) is 11.6 Å². The van der Waals surface area contributed by atoms with Gasteiger partial charge in [0.1, 0.15) is 0 Å². The van der Waals surface area contributed by atoms with E-state index in [4.69, 9.17) is 5.73 Å². The first-order valence-corrected chi connectivity index (χ1v) is 11.7. The Morgan fingerprint density at radius 3 is 2.55 bits per heavy atom. The monoisotopic (exact) mass is 456 g/mol. The van der Waals surface area contributed by atoms with Crippen molar-refractivity contribution in [3.05, 3.63) is 81.3 Å². The van der Waals surface area contributed by atoms with Crippen molar-refractivity contribution in [2.24, 2.45) is 11.7 Å². The number of fused-ring (bicyclic) bond motifs is 1. The molecule has 1 aromatic heterocycles. The van der Waals surface area contributed by atoms with Gasteiger partial charge in [0.2, 0.25) is 0 Å². The van der Waals surface area contributed by atoms with Crippen LogP contribution in [0.2, 0.25) is 0 Å². The molecule has 3 aromatic rings. The minimum atomic E-state index is -4.36. The van der Waals surface area contributed by atoms with Crippen molar-refractivity contribution in [3.8, 4) is 0 Å². The minimum Gasteiger partial charge on any atom is -0.329 e. The summed E-state index contributed by atoms with van der Waals surface area (Å²) in [6.45, 7) is 4.04. The van der Waals surface area contributed by atoms with Crippen molar-refractivity contribution >= 4 is 10.8 Å². The highest BCUT2D eigenvalue weighted by Gasteiger charge is 2.42. The second-order valence-electron chi connectivity index (χ2n) is 9.57.